The SMILES string of the molecule is CC1=CCCC=C1.Cc1ccc(-c2ccc3c(c2)c2ccccc2c2nc(-c4ccccc4)c(-c4ccccc4)n32)cc1.Cc1ccccc1.Cc1ccccc1. The molecule has 0 saturated heterocycles. The maximum atomic E-state index is 5.29. The fraction of sp³-hybridized carbons (Fsp3) is 0.109. The first-order valence-corrected chi connectivity index (χ1v) is 19.9. The summed E-state index contributed by atoms with van der Waals surface area (Å²) >= 11 is 0. The smallest absolute Gasteiger partial charge is 0.146 e. The number of hydrogen-bond acceptors (Lipinski definition) is 1. The number of aryl methyl sites for hydroxylation is 3. The van der Waals surface area contributed by atoms with Crippen molar-refractivity contribution in [1.29, 1.82) is 0 Å². The Balaban J connectivity index is 0.000000191. The minimum atomic E-state index is 0.985. The number of hydrogen-bond donors (Lipinski definition) is 0. The van der Waals surface area contributed by atoms with Crippen LogP contribution in [0.2, 0.25) is 0 Å². The van der Waals surface area contributed by atoms with E-state index in [0.717, 1.165) is 39.1 Å². The van der Waals surface area contributed by atoms with Gasteiger partial charge >= 0.3 is 0 Å². The molecule has 1 aliphatic rings. The van der Waals surface area contributed by atoms with Crippen molar-refractivity contribution in [3.8, 4) is 33.6 Å². The van der Waals surface area contributed by atoms with Crippen LogP contribution < -0.4 is 0 Å². The van der Waals surface area contributed by atoms with Crippen molar-refractivity contribution in [2.24, 2.45) is 0 Å². The minimum absolute atomic E-state index is 0.985. The first kappa shape index (κ1) is 38.5. The van der Waals surface area contributed by atoms with E-state index in [1.807, 2.05) is 36.4 Å². The molecule has 0 saturated carbocycles. The van der Waals surface area contributed by atoms with Gasteiger partial charge in [0.25, 0.3) is 0 Å². The monoisotopic (exact) mass is 738 g/mol. The number of imidazole rings is 1. The van der Waals surface area contributed by atoms with E-state index < -0.39 is 0 Å². The molecule has 0 unspecified atom stereocenters. The fourth-order valence-electron chi connectivity index (χ4n) is 7.09. The maximum Gasteiger partial charge on any atom is 0.146 e. The van der Waals surface area contributed by atoms with Gasteiger partial charge in [0, 0.05) is 21.9 Å². The highest BCUT2D eigenvalue weighted by molar-refractivity contribution is 6.14. The average molecular weight is 739 g/mol. The zero-order chi connectivity index (χ0) is 39.4. The molecule has 9 aromatic rings. The van der Waals surface area contributed by atoms with Crippen LogP contribution in [-0.2, 0) is 0 Å². The molecule has 0 aliphatic heterocycles. The van der Waals surface area contributed by atoms with Gasteiger partial charge in [0.15, 0.2) is 0 Å². The second-order valence-electron chi connectivity index (χ2n) is 14.6. The van der Waals surface area contributed by atoms with E-state index in [2.05, 4.69) is 202 Å². The van der Waals surface area contributed by atoms with Crippen molar-refractivity contribution in [2.45, 2.75) is 40.5 Å². The van der Waals surface area contributed by atoms with E-state index in [1.165, 1.54) is 57.0 Å². The fourth-order valence-corrected chi connectivity index (χ4v) is 7.09. The van der Waals surface area contributed by atoms with E-state index >= 15 is 0 Å². The highest BCUT2D eigenvalue weighted by Gasteiger charge is 2.20. The molecule has 0 N–H and O–H groups in total. The maximum absolute atomic E-state index is 5.29. The molecule has 57 heavy (non-hydrogen) atoms. The van der Waals surface area contributed by atoms with Gasteiger partial charge in [-0.2, -0.15) is 0 Å². The van der Waals surface area contributed by atoms with Crippen LogP contribution in [0.15, 0.2) is 212 Å². The van der Waals surface area contributed by atoms with Crippen LogP contribution in [-0.4, -0.2) is 9.38 Å². The van der Waals surface area contributed by atoms with Crippen molar-refractivity contribution in [3.05, 3.63) is 229 Å². The largest absolute Gasteiger partial charge is 0.291 e. The molecule has 10 rings (SSSR count). The van der Waals surface area contributed by atoms with Crippen molar-refractivity contribution >= 4 is 27.3 Å². The third kappa shape index (κ3) is 9.55. The van der Waals surface area contributed by atoms with E-state index in [9.17, 15) is 0 Å². The molecule has 0 amide bonds. The van der Waals surface area contributed by atoms with Crippen LogP contribution >= 0.6 is 0 Å². The van der Waals surface area contributed by atoms with Gasteiger partial charge in [0.1, 0.15) is 5.65 Å². The first-order valence-electron chi connectivity index (χ1n) is 19.9. The van der Waals surface area contributed by atoms with Gasteiger partial charge in [-0.1, -0.05) is 216 Å². The molecule has 2 aromatic heterocycles. The zero-order valence-corrected chi connectivity index (χ0v) is 33.4. The molecule has 0 spiro atoms. The van der Waals surface area contributed by atoms with Gasteiger partial charge in [0.05, 0.1) is 16.9 Å². The van der Waals surface area contributed by atoms with Crippen LogP contribution in [0.1, 0.15) is 36.5 Å². The standard InChI is InChI=1S/C34H24N2.C7H10.2C7H8/c1-23-16-18-24(19-17-23)27-20-21-31-30(22-27)28-14-8-9-15-29(28)34-35-32(25-10-4-2-5-11-25)33(36(31)34)26-12-6-3-7-13-26;3*1-7-5-3-2-4-6-7/h2-22H,1H3;3,5-6H,2,4H2,1H3;2*2-6H,1H3. The average Bonchev–Trinajstić information content (AvgIpc) is 3.67. The molecule has 2 heterocycles. The quantitative estimate of drug-likeness (QED) is 0.165. The van der Waals surface area contributed by atoms with Crippen LogP contribution in [0.4, 0.5) is 0 Å². The molecule has 2 heteroatoms. The summed E-state index contributed by atoms with van der Waals surface area (Å²) in [6, 6.07) is 65.9. The van der Waals surface area contributed by atoms with Crippen molar-refractivity contribution in [1.82, 2.24) is 9.38 Å². The summed E-state index contributed by atoms with van der Waals surface area (Å²) in [6.07, 6.45) is 9.12. The van der Waals surface area contributed by atoms with Crippen LogP contribution in [0.3, 0.4) is 0 Å². The zero-order valence-electron chi connectivity index (χ0n) is 33.4. The van der Waals surface area contributed by atoms with E-state index in [0.29, 0.717) is 0 Å². The lowest BCUT2D eigenvalue weighted by Crippen LogP contribution is -1.95. The van der Waals surface area contributed by atoms with Gasteiger partial charge in [-0.3, -0.25) is 4.40 Å². The third-order valence-corrected chi connectivity index (χ3v) is 10.1. The van der Waals surface area contributed by atoms with Crippen molar-refractivity contribution in [3.63, 3.8) is 0 Å². The van der Waals surface area contributed by atoms with Gasteiger partial charge in [0.2, 0.25) is 0 Å². The number of rotatable bonds is 3. The lowest BCUT2D eigenvalue weighted by Gasteiger charge is -2.13. The predicted molar refractivity (Wildman–Crippen MR) is 246 cm³/mol. The van der Waals surface area contributed by atoms with E-state index in [-0.39, 0.29) is 0 Å². The van der Waals surface area contributed by atoms with E-state index in [1.54, 1.807) is 0 Å². The third-order valence-electron chi connectivity index (χ3n) is 10.1. The predicted octanol–water partition coefficient (Wildman–Crippen LogP) is 15.2. The topological polar surface area (TPSA) is 17.3 Å². The Kier molecular flexibility index (Phi) is 12.6. The highest BCUT2D eigenvalue weighted by atomic mass is 15.0. The Morgan fingerprint density at radius 1 is 0.421 bits per heavy atom. The summed E-state index contributed by atoms with van der Waals surface area (Å²) in [5.74, 6) is 0. The molecule has 1 aliphatic carbocycles. The van der Waals surface area contributed by atoms with Crippen molar-refractivity contribution < 1.29 is 0 Å². The number of nitrogens with zero attached hydrogens (tertiary/aromatic N) is 2. The Morgan fingerprint density at radius 2 is 0.930 bits per heavy atom. The van der Waals surface area contributed by atoms with Crippen molar-refractivity contribution in [2.75, 3.05) is 0 Å². The van der Waals surface area contributed by atoms with Gasteiger partial charge in [-0.05, 0) is 69.2 Å². The lowest BCUT2D eigenvalue weighted by molar-refractivity contribution is 1.02. The molecule has 0 radical (unpaired) electrons. The first-order chi connectivity index (χ1) is 28.0. The van der Waals surface area contributed by atoms with Crippen LogP contribution in [0.25, 0.3) is 61.0 Å². The van der Waals surface area contributed by atoms with Crippen LogP contribution in [0.5, 0.6) is 0 Å². The molecule has 2 nitrogen and oxygen atoms in total. The molecule has 0 atom stereocenters. The lowest BCUT2D eigenvalue weighted by atomic mass is 9.99. The molecule has 7 aromatic carbocycles. The Bertz CT molecular complexity index is 2690. The molecule has 0 fully saturated rings. The van der Waals surface area contributed by atoms with E-state index in [4.69, 9.17) is 4.98 Å². The summed E-state index contributed by atoms with van der Waals surface area (Å²) in [5, 5.41) is 3.61. The van der Waals surface area contributed by atoms with Gasteiger partial charge in [-0.15, -0.1) is 0 Å². The minimum Gasteiger partial charge on any atom is -0.291 e. The molecule has 0 bridgehead atoms. The van der Waals surface area contributed by atoms with Gasteiger partial charge < -0.3 is 0 Å². The van der Waals surface area contributed by atoms with Crippen LogP contribution in [0, 0.1) is 20.8 Å². The molecule has 280 valence electrons. The Morgan fingerprint density at radius 3 is 1.44 bits per heavy atom. The molecular weight excluding hydrogens is 689 g/mol. The molecular formula is C55H50N2. The summed E-state index contributed by atoms with van der Waals surface area (Å²) < 4.78 is 2.36. The Labute approximate surface area is 338 Å². The summed E-state index contributed by atoms with van der Waals surface area (Å²) in [7, 11) is 0. The summed E-state index contributed by atoms with van der Waals surface area (Å²) in [4.78, 5) is 5.29. The number of aromatic nitrogens is 2. The second-order valence-corrected chi connectivity index (χ2v) is 14.6. The number of allylic oxidation sites excluding steroid dienone is 4. The number of pyridine rings is 1. The number of fused-ring (bicyclic) bond motifs is 6. The number of benzene rings is 7. The second kappa shape index (κ2) is 18.7. The highest BCUT2D eigenvalue weighted by Crippen LogP contribution is 2.39. The summed E-state index contributed by atoms with van der Waals surface area (Å²) in [6.45, 7) is 8.43. The Hall–Kier alpha value is -6.77. The van der Waals surface area contributed by atoms with Gasteiger partial charge in [-0.25, -0.2) is 4.98 Å². The summed E-state index contributed by atoms with van der Waals surface area (Å²) in [5.41, 5.74) is 14.3. The normalized spacial score (nSPS) is 11.8.